The van der Waals surface area contributed by atoms with Gasteiger partial charge in [0.05, 0.1) is 13.2 Å². The first-order chi connectivity index (χ1) is 15.2. The maximum absolute atomic E-state index is 13.1. The molecule has 1 aliphatic rings. The Kier molecular flexibility index (Phi) is 7.49. The fourth-order valence-electron chi connectivity index (χ4n) is 3.30. The van der Waals surface area contributed by atoms with E-state index in [1.807, 2.05) is 0 Å². The number of nitrogens with zero attached hydrogens (tertiary/aromatic N) is 3. The van der Waals surface area contributed by atoms with Crippen molar-refractivity contribution in [1.82, 2.24) is 13.6 Å². The van der Waals surface area contributed by atoms with Gasteiger partial charge in [-0.15, -0.1) is 0 Å². The third-order valence-corrected chi connectivity index (χ3v) is 8.63. The normalized spacial score (nSPS) is 15.1. The molecule has 1 aromatic carbocycles. The number of anilines is 1. The number of hydrogen-bond donors (Lipinski definition) is 1. The van der Waals surface area contributed by atoms with Crippen LogP contribution in [-0.2, 0) is 24.8 Å². The lowest BCUT2D eigenvalue weighted by molar-refractivity contribution is -0.116. The lowest BCUT2D eigenvalue weighted by Gasteiger charge is -2.20. The molecule has 1 saturated heterocycles. The minimum Gasteiger partial charge on any atom is -0.492 e. The molecule has 0 spiro atoms. The van der Waals surface area contributed by atoms with E-state index in [0.29, 0.717) is 13.1 Å². The Morgan fingerprint density at radius 2 is 1.91 bits per heavy atom. The van der Waals surface area contributed by atoms with Gasteiger partial charge in [0.25, 0.3) is 0 Å². The van der Waals surface area contributed by atoms with E-state index in [4.69, 9.17) is 4.74 Å². The summed E-state index contributed by atoms with van der Waals surface area (Å²) in [6, 6.07) is 7.22. The number of benzene rings is 1. The van der Waals surface area contributed by atoms with Crippen LogP contribution in [0.15, 0.2) is 52.5 Å². The molecule has 1 fully saturated rings. The maximum Gasteiger partial charge on any atom is 0.246 e. The fraction of sp³-hybridized carbons (Fsp3) is 0.400. The van der Waals surface area contributed by atoms with Crippen molar-refractivity contribution in [1.29, 1.82) is 0 Å². The number of amides is 1. The minimum absolute atomic E-state index is 0.0320. The molecule has 0 aliphatic carbocycles. The van der Waals surface area contributed by atoms with Crippen LogP contribution >= 0.6 is 0 Å². The minimum atomic E-state index is -3.90. The number of aromatic nitrogens is 1. The fourth-order valence-corrected chi connectivity index (χ4v) is 6.06. The molecule has 0 unspecified atom stereocenters. The molecule has 174 valence electrons. The molecular weight excluding hydrogens is 456 g/mol. The second-order valence-corrected chi connectivity index (χ2v) is 11.2. The predicted octanol–water partition coefficient (Wildman–Crippen LogP) is 1.52. The summed E-state index contributed by atoms with van der Waals surface area (Å²) < 4.78 is 59.1. The molecular formula is C20H26N4O6S2. The van der Waals surface area contributed by atoms with Crippen molar-refractivity contribution in [3.05, 3.63) is 42.7 Å². The van der Waals surface area contributed by atoms with E-state index in [9.17, 15) is 21.6 Å². The average molecular weight is 483 g/mol. The van der Waals surface area contributed by atoms with Crippen LogP contribution in [0.4, 0.5) is 5.69 Å². The van der Waals surface area contributed by atoms with Crippen LogP contribution < -0.4 is 10.1 Å². The average Bonchev–Trinajstić information content (AvgIpc) is 3.31. The topological polar surface area (TPSA) is 126 Å². The number of carbonyl (C=O) groups is 1. The third kappa shape index (κ3) is 5.26. The van der Waals surface area contributed by atoms with Crippen molar-refractivity contribution in [3.63, 3.8) is 0 Å². The number of hydrogen-bond acceptors (Lipinski definition) is 7. The molecule has 1 N–H and O–H groups in total. The molecule has 1 amide bonds. The zero-order chi connectivity index (χ0) is 23.4. The zero-order valence-electron chi connectivity index (χ0n) is 17.9. The van der Waals surface area contributed by atoms with Gasteiger partial charge in [0.15, 0.2) is 0 Å². The highest BCUT2D eigenvalue weighted by Crippen LogP contribution is 2.31. The standard InChI is InChI=1S/C20H26N4O6S2/c1-3-30-18-9-8-16(13-19(18)32(28,29)24-11-4-5-12-24)22-20(25)15-23(2)31(26,27)17-7-6-10-21-14-17/h6-10,13-14H,3-5,11-12,15H2,1-2H3,(H,22,25). The van der Waals surface area contributed by atoms with Crippen molar-refractivity contribution in [2.24, 2.45) is 0 Å². The zero-order valence-corrected chi connectivity index (χ0v) is 19.5. The van der Waals surface area contributed by atoms with Crippen molar-refractivity contribution < 1.29 is 26.4 Å². The van der Waals surface area contributed by atoms with E-state index >= 15 is 0 Å². The van der Waals surface area contributed by atoms with E-state index < -0.39 is 32.5 Å². The summed E-state index contributed by atoms with van der Waals surface area (Å²) in [5.74, 6) is -0.415. The van der Waals surface area contributed by atoms with Gasteiger partial charge < -0.3 is 10.1 Å². The van der Waals surface area contributed by atoms with Crippen molar-refractivity contribution >= 4 is 31.6 Å². The SMILES string of the molecule is CCOc1ccc(NC(=O)CN(C)S(=O)(=O)c2cccnc2)cc1S(=O)(=O)N1CCCC1. The second-order valence-electron chi connectivity index (χ2n) is 7.20. The number of sulfonamides is 2. The molecule has 0 radical (unpaired) electrons. The van der Waals surface area contributed by atoms with Gasteiger partial charge in [-0.2, -0.15) is 8.61 Å². The van der Waals surface area contributed by atoms with Crippen molar-refractivity contribution in [3.8, 4) is 5.75 Å². The highest BCUT2D eigenvalue weighted by Gasteiger charge is 2.30. The molecule has 2 heterocycles. The van der Waals surface area contributed by atoms with Crippen LogP contribution in [0, 0.1) is 0 Å². The number of pyridine rings is 1. The van der Waals surface area contributed by atoms with Crippen LogP contribution in [0.5, 0.6) is 5.75 Å². The quantitative estimate of drug-likeness (QED) is 0.574. The summed E-state index contributed by atoms with van der Waals surface area (Å²) in [4.78, 5) is 16.2. The molecule has 0 saturated carbocycles. The number of rotatable bonds is 9. The molecule has 1 aliphatic heterocycles. The highest BCUT2D eigenvalue weighted by atomic mass is 32.2. The first kappa shape index (κ1) is 24.1. The summed E-state index contributed by atoms with van der Waals surface area (Å²) in [6.45, 7) is 2.44. The number of ether oxygens (including phenoxy) is 1. The van der Waals surface area contributed by atoms with Crippen LogP contribution in [0.1, 0.15) is 19.8 Å². The van der Waals surface area contributed by atoms with Gasteiger partial charge >= 0.3 is 0 Å². The lowest BCUT2D eigenvalue weighted by Crippen LogP contribution is -2.35. The van der Waals surface area contributed by atoms with Crippen LogP contribution in [0.25, 0.3) is 0 Å². The van der Waals surface area contributed by atoms with Gasteiger partial charge in [0.2, 0.25) is 26.0 Å². The number of nitrogens with one attached hydrogen (secondary N) is 1. The lowest BCUT2D eigenvalue weighted by atomic mass is 10.3. The molecule has 12 heteroatoms. The Bertz CT molecular complexity index is 1160. The summed E-state index contributed by atoms with van der Waals surface area (Å²) in [5, 5.41) is 2.57. The van der Waals surface area contributed by atoms with Crippen LogP contribution in [0.3, 0.4) is 0 Å². The van der Waals surface area contributed by atoms with Gasteiger partial charge in [0.1, 0.15) is 15.5 Å². The van der Waals surface area contributed by atoms with Gasteiger partial charge in [0, 0.05) is 38.2 Å². The largest absolute Gasteiger partial charge is 0.492 e. The Morgan fingerprint density at radius 3 is 2.53 bits per heavy atom. The first-order valence-electron chi connectivity index (χ1n) is 10.1. The van der Waals surface area contributed by atoms with Crippen molar-refractivity contribution in [2.45, 2.75) is 29.6 Å². The highest BCUT2D eigenvalue weighted by molar-refractivity contribution is 7.89. The molecule has 10 nitrogen and oxygen atoms in total. The summed E-state index contributed by atoms with van der Waals surface area (Å²) in [7, 11) is -6.40. The smallest absolute Gasteiger partial charge is 0.246 e. The molecule has 0 atom stereocenters. The molecule has 2 aromatic rings. The van der Waals surface area contributed by atoms with E-state index in [0.717, 1.165) is 17.1 Å². The van der Waals surface area contributed by atoms with Crippen molar-refractivity contribution in [2.75, 3.05) is 38.6 Å². The van der Waals surface area contributed by atoms with Gasteiger partial charge in [-0.05, 0) is 50.1 Å². The molecule has 1 aromatic heterocycles. The molecule has 3 rings (SSSR count). The Morgan fingerprint density at radius 1 is 1.19 bits per heavy atom. The Balaban J connectivity index is 1.79. The van der Waals surface area contributed by atoms with Gasteiger partial charge in [-0.1, -0.05) is 0 Å². The Labute approximate surface area is 188 Å². The molecule has 32 heavy (non-hydrogen) atoms. The third-order valence-electron chi connectivity index (χ3n) is 4.92. The molecule has 0 bridgehead atoms. The number of carbonyl (C=O) groups excluding carboxylic acids is 1. The summed E-state index contributed by atoms with van der Waals surface area (Å²) in [6.07, 6.45) is 4.23. The van der Waals surface area contributed by atoms with E-state index in [-0.39, 0.29) is 27.8 Å². The summed E-state index contributed by atoms with van der Waals surface area (Å²) >= 11 is 0. The number of likely N-dealkylation sites (N-methyl/N-ethyl adjacent to an activating group) is 1. The van der Waals surface area contributed by atoms with Gasteiger partial charge in [-0.25, -0.2) is 16.8 Å². The monoisotopic (exact) mass is 482 g/mol. The predicted molar refractivity (Wildman–Crippen MR) is 118 cm³/mol. The van der Waals surface area contributed by atoms with Crippen LogP contribution in [-0.4, -0.2) is 69.6 Å². The van der Waals surface area contributed by atoms with E-state index in [2.05, 4.69) is 10.3 Å². The van der Waals surface area contributed by atoms with Gasteiger partial charge in [-0.3, -0.25) is 9.78 Å². The maximum atomic E-state index is 13.1. The first-order valence-corrected chi connectivity index (χ1v) is 13.0. The van der Waals surface area contributed by atoms with E-state index in [1.165, 1.54) is 54.1 Å². The van der Waals surface area contributed by atoms with Crippen LogP contribution in [0.2, 0.25) is 0 Å². The van der Waals surface area contributed by atoms with E-state index in [1.54, 1.807) is 6.92 Å². The second kappa shape index (κ2) is 9.94. The summed E-state index contributed by atoms with van der Waals surface area (Å²) in [5.41, 5.74) is 0.225. The Hall–Kier alpha value is -2.54.